The van der Waals surface area contributed by atoms with E-state index in [-0.39, 0.29) is 29.6 Å². The van der Waals surface area contributed by atoms with Crippen LogP contribution in [0, 0.1) is 6.92 Å². The second-order valence-corrected chi connectivity index (χ2v) is 5.55. The Hall–Kier alpha value is 0.380. The largest absolute Gasteiger partial charge is 1.00 e. The molecule has 110 valence electrons. The Bertz CT molecular complexity index is 282. The van der Waals surface area contributed by atoms with Gasteiger partial charge in [-0.2, -0.15) is 14.8 Å². The van der Waals surface area contributed by atoms with Gasteiger partial charge in [0.1, 0.15) is 0 Å². The van der Waals surface area contributed by atoms with Crippen molar-refractivity contribution in [1.29, 1.82) is 0 Å². The predicted molar refractivity (Wildman–Crippen MR) is 72.0 cm³/mol. The van der Waals surface area contributed by atoms with E-state index in [0.29, 0.717) is 0 Å². The zero-order chi connectivity index (χ0) is 14.4. The van der Waals surface area contributed by atoms with Crippen LogP contribution in [0.25, 0.3) is 0 Å². The van der Waals surface area contributed by atoms with Gasteiger partial charge < -0.3 is 12.0 Å². The van der Waals surface area contributed by atoms with E-state index < -0.39 is 21.8 Å². The molecule has 0 atom stereocenters. The molecular formula is C12H25NaO5S. The van der Waals surface area contributed by atoms with Gasteiger partial charge in [0.05, 0.1) is 0 Å². The summed E-state index contributed by atoms with van der Waals surface area (Å²) in [6, 6.07) is 0. The number of rotatable bonds is 9. The molecule has 0 bridgehead atoms. The summed E-state index contributed by atoms with van der Waals surface area (Å²) >= 11 is 0. The van der Waals surface area contributed by atoms with Crippen LogP contribution in [0.2, 0.25) is 0 Å². The Labute approximate surface area is 139 Å². The number of unbranched alkanes of at least 4 members (excludes halogenated alkanes) is 7. The van der Waals surface area contributed by atoms with Crippen LogP contribution in [0.1, 0.15) is 58.3 Å². The number of carbonyl (C=O) groups is 1. The van der Waals surface area contributed by atoms with E-state index in [1.807, 2.05) is 0 Å². The molecule has 19 heavy (non-hydrogen) atoms. The second-order valence-electron chi connectivity index (χ2n) is 4.09. The van der Waals surface area contributed by atoms with Crippen molar-refractivity contribution in [3.05, 3.63) is 6.92 Å². The van der Waals surface area contributed by atoms with E-state index in [0.717, 1.165) is 6.42 Å². The van der Waals surface area contributed by atoms with Crippen LogP contribution in [0.3, 0.4) is 0 Å². The van der Waals surface area contributed by atoms with E-state index in [1.165, 1.54) is 44.9 Å². The van der Waals surface area contributed by atoms with Crippen LogP contribution in [-0.2, 0) is 14.9 Å². The molecule has 0 saturated heterocycles. The summed E-state index contributed by atoms with van der Waals surface area (Å²) in [6.45, 7) is 6.08. The van der Waals surface area contributed by atoms with E-state index in [4.69, 9.17) is 9.66 Å². The average Bonchev–Trinajstić information content (AvgIpc) is 2.20. The Morgan fingerprint density at radius 3 is 1.74 bits per heavy atom. The molecule has 7 heteroatoms. The molecule has 0 aliphatic heterocycles. The minimum absolute atomic E-state index is 0. The number of aliphatic carboxylic acids is 1. The second kappa shape index (κ2) is 16.4. The summed E-state index contributed by atoms with van der Waals surface area (Å²) in [5.74, 6) is -2.79. The van der Waals surface area contributed by atoms with Gasteiger partial charge >= 0.3 is 35.5 Å². The van der Waals surface area contributed by atoms with Crippen LogP contribution in [-0.4, -0.2) is 29.8 Å². The molecule has 2 N–H and O–H groups in total. The van der Waals surface area contributed by atoms with Gasteiger partial charge in [0.25, 0.3) is 10.1 Å². The fraction of sp³-hybridized carbons (Fsp3) is 0.833. The van der Waals surface area contributed by atoms with Gasteiger partial charge in [-0.15, -0.1) is 0 Å². The first kappa shape index (κ1) is 24.4. The van der Waals surface area contributed by atoms with Crippen LogP contribution >= 0.6 is 0 Å². The Morgan fingerprint density at radius 2 is 1.47 bits per heavy atom. The SMILES string of the molecule is O=C(O)CS(=O)(=O)O.[CH2-]CCCCCCCCC.[Na+]. The maximum Gasteiger partial charge on any atom is 1.00 e. The molecule has 0 heterocycles. The number of carboxylic acids is 1. The number of hydrogen-bond acceptors (Lipinski definition) is 3. The van der Waals surface area contributed by atoms with E-state index in [1.54, 1.807) is 0 Å². The fourth-order valence-electron chi connectivity index (χ4n) is 1.29. The van der Waals surface area contributed by atoms with Crippen LogP contribution in [0.4, 0.5) is 0 Å². The van der Waals surface area contributed by atoms with Crippen LogP contribution in [0.15, 0.2) is 0 Å². The maximum absolute atomic E-state index is 9.62. The molecule has 0 unspecified atom stereocenters. The third-order valence-corrected chi connectivity index (χ3v) is 2.77. The van der Waals surface area contributed by atoms with Gasteiger partial charge in [-0.3, -0.25) is 9.35 Å². The van der Waals surface area contributed by atoms with Gasteiger partial charge in [-0.05, 0) is 0 Å². The molecule has 0 aromatic rings. The van der Waals surface area contributed by atoms with Crippen molar-refractivity contribution >= 4 is 16.1 Å². The van der Waals surface area contributed by atoms with Gasteiger partial charge in [-0.1, -0.05) is 51.9 Å². The molecular weight excluding hydrogens is 279 g/mol. The normalized spacial score (nSPS) is 10.1. The molecule has 0 aliphatic rings. The van der Waals surface area contributed by atoms with Crippen LogP contribution in [0.5, 0.6) is 0 Å². The minimum atomic E-state index is -4.32. The predicted octanol–water partition coefficient (Wildman–Crippen LogP) is -0.0760. The molecule has 0 radical (unpaired) electrons. The summed E-state index contributed by atoms with van der Waals surface area (Å²) in [6.07, 6.45) is 10.9. The summed E-state index contributed by atoms with van der Waals surface area (Å²) in [4.78, 5) is 9.48. The smallest absolute Gasteiger partial charge is 0.480 e. The third kappa shape index (κ3) is 32.2. The quantitative estimate of drug-likeness (QED) is 0.269. The van der Waals surface area contributed by atoms with Crippen LogP contribution < -0.4 is 29.6 Å². The molecule has 0 saturated carbocycles. The Morgan fingerprint density at radius 1 is 1.05 bits per heavy atom. The van der Waals surface area contributed by atoms with E-state index >= 15 is 0 Å². The van der Waals surface area contributed by atoms with Gasteiger partial charge in [-0.25, -0.2) is 0 Å². The molecule has 0 aromatic heterocycles. The molecule has 5 nitrogen and oxygen atoms in total. The number of carboxylic acid groups (broad SMARTS) is 1. The van der Waals surface area contributed by atoms with Crippen molar-refractivity contribution in [1.82, 2.24) is 0 Å². The third-order valence-electron chi connectivity index (χ3n) is 2.16. The maximum atomic E-state index is 9.62. The molecule has 0 spiro atoms. The minimum Gasteiger partial charge on any atom is -0.480 e. The summed E-state index contributed by atoms with van der Waals surface area (Å²) < 4.78 is 27.0. The van der Waals surface area contributed by atoms with Gasteiger partial charge in [0, 0.05) is 0 Å². The molecule has 0 aromatic carbocycles. The number of hydrogen-bond donors (Lipinski definition) is 2. The van der Waals surface area contributed by atoms with Crippen molar-refractivity contribution in [2.75, 3.05) is 5.75 Å². The molecule has 0 rings (SSSR count). The topological polar surface area (TPSA) is 91.7 Å². The van der Waals surface area contributed by atoms with Gasteiger partial charge in [0.15, 0.2) is 5.75 Å². The molecule has 0 aliphatic carbocycles. The van der Waals surface area contributed by atoms with Crippen molar-refractivity contribution in [2.24, 2.45) is 0 Å². The van der Waals surface area contributed by atoms with E-state index in [2.05, 4.69) is 13.8 Å². The van der Waals surface area contributed by atoms with E-state index in [9.17, 15) is 13.2 Å². The average molecular weight is 304 g/mol. The summed E-state index contributed by atoms with van der Waals surface area (Å²) in [7, 11) is -4.32. The standard InChI is InChI=1S/C10H21.C2H4O5S.Na/c1-3-5-7-9-10-8-6-4-2;3-2(4)1-8(5,6)7;/h1,3-10H2,2H3;1H2,(H,3,4)(H,5,6,7);/q-1;;+1. The van der Waals surface area contributed by atoms with Crippen molar-refractivity contribution in [2.45, 2.75) is 58.3 Å². The fourth-order valence-corrected chi connectivity index (χ4v) is 1.60. The monoisotopic (exact) mass is 304 g/mol. The first-order valence-corrected chi connectivity index (χ1v) is 7.90. The van der Waals surface area contributed by atoms with Crippen molar-refractivity contribution < 1.29 is 52.4 Å². The Balaban J connectivity index is -0.000000262. The van der Waals surface area contributed by atoms with Crippen molar-refractivity contribution in [3.63, 3.8) is 0 Å². The summed E-state index contributed by atoms with van der Waals surface area (Å²) in [5.41, 5.74) is 0. The first-order valence-electron chi connectivity index (χ1n) is 6.29. The zero-order valence-electron chi connectivity index (χ0n) is 12.1. The van der Waals surface area contributed by atoms with Crippen molar-refractivity contribution in [3.8, 4) is 0 Å². The molecule has 0 fully saturated rings. The molecule has 0 amide bonds. The summed E-state index contributed by atoms with van der Waals surface area (Å²) in [5, 5.41) is 7.71. The zero-order valence-corrected chi connectivity index (χ0v) is 14.9. The Kier molecular flexibility index (Phi) is 21.1. The van der Waals surface area contributed by atoms with Gasteiger partial charge in [0.2, 0.25) is 0 Å². The first-order chi connectivity index (χ1) is 8.33.